The van der Waals surface area contributed by atoms with Gasteiger partial charge in [-0.1, -0.05) is 46.8 Å². The van der Waals surface area contributed by atoms with Gasteiger partial charge in [-0.25, -0.2) is 0 Å². The van der Waals surface area contributed by atoms with Crippen LogP contribution in [0.3, 0.4) is 0 Å². The summed E-state index contributed by atoms with van der Waals surface area (Å²) >= 11 is 0. The average Bonchev–Trinajstić information content (AvgIpc) is 2.24. The molecule has 1 heterocycles. The van der Waals surface area contributed by atoms with Gasteiger partial charge in [0.05, 0.1) is 0 Å². The zero-order valence-electron chi connectivity index (χ0n) is 12.1. The van der Waals surface area contributed by atoms with Crippen LogP contribution in [0.4, 0.5) is 0 Å². The molecule has 0 aromatic heterocycles. The molecule has 1 fully saturated rings. The summed E-state index contributed by atoms with van der Waals surface area (Å²) in [6.07, 6.45) is 0. The fourth-order valence-corrected chi connectivity index (χ4v) is 2.43. The van der Waals surface area contributed by atoms with Gasteiger partial charge in [0, 0.05) is 18.7 Å². The zero-order valence-corrected chi connectivity index (χ0v) is 12.1. The summed E-state index contributed by atoms with van der Waals surface area (Å²) in [6, 6.07) is 8.04. The molecule has 2 nitrogen and oxygen atoms in total. The predicted molar refractivity (Wildman–Crippen MR) is 74.8 cm³/mol. The Morgan fingerprint density at radius 2 is 1.61 bits per heavy atom. The summed E-state index contributed by atoms with van der Waals surface area (Å²) in [6.45, 7) is 12.7. The molecule has 1 aromatic rings. The number of benzene rings is 1. The molecule has 0 saturated carbocycles. The third kappa shape index (κ3) is 2.58. The number of rotatable bonds is 1. The van der Waals surface area contributed by atoms with Gasteiger partial charge in [-0.15, -0.1) is 0 Å². The largest absolute Gasteiger partial charge is 0.337 e. The fraction of sp³-hybridized carbons (Fsp3) is 0.562. The third-order valence-electron chi connectivity index (χ3n) is 3.52. The Kier molecular flexibility index (Phi) is 3.00. The lowest BCUT2D eigenvalue weighted by Gasteiger charge is -2.45. The number of likely N-dealkylation sites (tertiary alicyclic amines) is 1. The normalized spacial score (nSPS) is 18.4. The van der Waals surface area contributed by atoms with Gasteiger partial charge >= 0.3 is 0 Å². The van der Waals surface area contributed by atoms with E-state index < -0.39 is 0 Å². The van der Waals surface area contributed by atoms with Gasteiger partial charge in [0.25, 0.3) is 5.91 Å². The van der Waals surface area contributed by atoms with Crippen LogP contribution in [0.1, 0.15) is 50.5 Å². The molecule has 0 spiro atoms. The summed E-state index contributed by atoms with van der Waals surface area (Å²) in [7, 11) is 0. The van der Waals surface area contributed by atoms with Gasteiger partial charge in [0.2, 0.25) is 0 Å². The molecular weight excluding hydrogens is 222 g/mol. The van der Waals surface area contributed by atoms with Crippen molar-refractivity contribution in [2.45, 2.75) is 40.0 Å². The molecule has 0 N–H and O–H groups in total. The molecule has 0 aliphatic carbocycles. The Morgan fingerprint density at radius 3 is 2.00 bits per heavy atom. The molecule has 1 aliphatic heterocycles. The Balaban J connectivity index is 2.09. The topological polar surface area (TPSA) is 20.3 Å². The molecule has 0 radical (unpaired) electrons. The summed E-state index contributed by atoms with van der Waals surface area (Å²) in [5.41, 5.74) is 2.50. The van der Waals surface area contributed by atoms with Crippen molar-refractivity contribution in [1.82, 2.24) is 4.90 Å². The van der Waals surface area contributed by atoms with Crippen LogP contribution < -0.4 is 0 Å². The summed E-state index contributed by atoms with van der Waals surface area (Å²) in [5, 5.41) is 0. The van der Waals surface area contributed by atoms with Gasteiger partial charge in [-0.3, -0.25) is 4.79 Å². The summed E-state index contributed by atoms with van der Waals surface area (Å²) < 4.78 is 0. The smallest absolute Gasteiger partial charge is 0.253 e. The molecule has 0 unspecified atom stereocenters. The van der Waals surface area contributed by atoms with Crippen molar-refractivity contribution in [3.8, 4) is 0 Å². The van der Waals surface area contributed by atoms with Crippen molar-refractivity contribution >= 4 is 5.91 Å². The van der Waals surface area contributed by atoms with Crippen LogP contribution in [0.25, 0.3) is 0 Å². The first-order valence-electron chi connectivity index (χ1n) is 6.59. The zero-order chi connectivity index (χ0) is 13.6. The van der Waals surface area contributed by atoms with Gasteiger partial charge in [-0.05, 0) is 28.5 Å². The lowest BCUT2D eigenvalue weighted by molar-refractivity contribution is 0.0236. The predicted octanol–water partition coefficient (Wildman–Crippen LogP) is 3.47. The van der Waals surface area contributed by atoms with Gasteiger partial charge < -0.3 is 4.90 Å². The molecule has 2 heteroatoms. The first kappa shape index (κ1) is 13.1. The van der Waals surface area contributed by atoms with E-state index in [9.17, 15) is 4.79 Å². The third-order valence-corrected chi connectivity index (χ3v) is 3.52. The molecule has 2 rings (SSSR count). The molecule has 1 aromatic carbocycles. The Hall–Kier alpha value is -1.31. The number of carbonyl (C=O) groups is 1. The highest BCUT2D eigenvalue weighted by Crippen LogP contribution is 2.30. The molecule has 0 atom stereocenters. The maximum atomic E-state index is 12.2. The Labute approximate surface area is 110 Å². The minimum Gasteiger partial charge on any atom is -0.337 e. The van der Waals surface area contributed by atoms with Crippen LogP contribution in [0.2, 0.25) is 0 Å². The van der Waals surface area contributed by atoms with E-state index in [4.69, 9.17) is 0 Å². The van der Waals surface area contributed by atoms with Crippen molar-refractivity contribution in [2.75, 3.05) is 13.1 Å². The Morgan fingerprint density at radius 1 is 1.11 bits per heavy atom. The van der Waals surface area contributed by atoms with Crippen molar-refractivity contribution in [3.63, 3.8) is 0 Å². The van der Waals surface area contributed by atoms with Crippen molar-refractivity contribution < 1.29 is 4.79 Å². The molecule has 0 bridgehead atoms. The number of nitrogens with zero attached hydrogens (tertiary/aromatic N) is 1. The van der Waals surface area contributed by atoms with E-state index in [2.05, 4.69) is 46.8 Å². The average molecular weight is 245 g/mol. The maximum absolute atomic E-state index is 12.2. The van der Waals surface area contributed by atoms with E-state index in [0.717, 1.165) is 18.7 Å². The van der Waals surface area contributed by atoms with E-state index in [-0.39, 0.29) is 11.3 Å². The van der Waals surface area contributed by atoms with Crippen molar-refractivity contribution in [2.24, 2.45) is 5.41 Å². The molecule has 18 heavy (non-hydrogen) atoms. The van der Waals surface area contributed by atoms with Gasteiger partial charge in [0.1, 0.15) is 0 Å². The number of hydrogen-bond acceptors (Lipinski definition) is 1. The van der Waals surface area contributed by atoms with E-state index in [0.29, 0.717) is 5.41 Å². The van der Waals surface area contributed by atoms with E-state index in [1.807, 2.05) is 17.0 Å². The van der Waals surface area contributed by atoms with Crippen molar-refractivity contribution in [1.29, 1.82) is 0 Å². The second-order valence-electron chi connectivity index (χ2n) is 7.15. The van der Waals surface area contributed by atoms with Crippen LogP contribution in [0.15, 0.2) is 24.3 Å². The second-order valence-corrected chi connectivity index (χ2v) is 7.15. The highest BCUT2D eigenvalue weighted by atomic mass is 16.2. The minimum atomic E-state index is 0.139. The highest BCUT2D eigenvalue weighted by molar-refractivity contribution is 5.94. The van der Waals surface area contributed by atoms with Gasteiger partial charge in [0.15, 0.2) is 0 Å². The van der Waals surface area contributed by atoms with Crippen LogP contribution in [0, 0.1) is 5.41 Å². The van der Waals surface area contributed by atoms with E-state index >= 15 is 0 Å². The minimum absolute atomic E-state index is 0.139. The van der Waals surface area contributed by atoms with Crippen LogP contribution in [-0.4, -0.2) is 23.9 Å². The Bertz CT molecular complexity index is 443. The van der Waals surface area contributed by atoms with Gasteiger partial charge in [-0.2, -0.15) is 0 Å². The number of amides is 1. The number of carbonyl (C=O) groups excluding carboxylic acids is 1. The summed E-state index contributed by atoms with van der Waals surface area (Å²) in [4.78, 5) is 14.1. The molecule has 1 amide bonds. The second kappa shape index (κ2) is 4.11. The fourth-order valence-electron chi connectivity index (χ4n) is 2.43. The maximum Gasteiger partial charge on any atom is 0.253 e. The van der Waals surface area contributed by atoms with Crippen LogP contribution in [-0.2, 0) is 5.41 Å². The first-order valence-corrected chi connectivity index (χ1v) is 6.59. The monoisotopic (exact) mass is 245 g/mol. The molecule has 1 aliphatic rings. The van der Waals surface area contributed by atoms with Crippen molar-refractivity contribution in [3.05, 3.63) is 35.4 Å². The van der Waals surface area contributed by atoms with E-state index in [1.54, 1.807) is 0 Å². The highest BCUT2D eigenvalue weighted by Gasteiger charge is 2.37. The molecule has 1 saturated heterocycles. The quantitative estimate of drug-likeness (QED) is 0.742. The van der Waals surface area contributed by atoms with Crippen LogP contribution >= 0.6 is 0 Å². The van der Waals surface area contributed by atoms with E-state index in [1.165, 1.54) is 5.56 Å². The number of hydrogen-bond donors (Lipinski definition) is 0. The van der Waals surface area contributed by atoms with Crippen LogP contribution in [0.5, 0.6) is 0 Å². The molecular formula is C16H23NO. The lowest BCUT2D eigenvalue weighted by Crippen LogP contribution is -2.55. The molecule has 98 valence electrons. The first-order chi connectivity index (χ1) is 8.19. The SMILES string of the molecule is CC1(C)CN(C(=O)c2ccc(C(C)(C)C)cc2)C1. The lowest BCUT2D eigenvalue weighted by atomic mass is 9.83. The summed E-state index contributed by atoms with van der Waals surface area (Å²) in [5.74, 6) is 0.162. The standard InChI is InChI=1S/C16H23NO/c1-15(2,3)13-8-6-12(7-9-13)14(18)17-10-16(4,5)11-17/h6-9H,10-11H2,1-5H3.